The summed E-state index contributed by atoms with van der Waals surface area (Å²) in [4.78, 5) is 10.4. The van der Waals surface area contributed by atoms with Crippen LogP contribution in [0.2, 0.25) is 0 Å². The van der Waals surface area contributed by atoms with Gasteiger partial charge >= 0.3 is 6.03 Å². The number of hydrogen-bond acceptors (Lipinski definition) is 3. The Bertz CT molecular complexity index is 652. The number of carbonyl (C=O) groups is 1. The molecule has 0 aliphatic heterocycles. The first kappa shape index (κ1) is 14.4. The quantitative estimate of drug-likeness (QED) is 0.671. The largest absolute Gasteiger partial charge is 0.451 e. The third kappa shape index (κ3) is 4.00. The fraction of sp³-hybridized carbons (Fsp3) is 0. The monoisotopic (exact) mass is 291 g/mol. The Morgan fingerprint density at radius 2 is 1.76 bits per heavy atom. The highest BCUT2D eigenvalue weighted by atomic mass is 19.1. The van der Waals surface area contributed by atoms with E-state index < -0.39 is 23.4 Å². The average Bonchev–Trinajstić information content (AvgIpc) is 2.44. The fourth-order valence-electron chi connectivity index (χ4n) is 1.49. The number of ether oxygens (including phenoxy) is 1. The molecule has 0 aliphatic rings. The highest BCUT2D eigenvalue weighted by Gasteiger charge is 2.10. The van der Waals surface area contributed by atoms with E-state index in [4.69, 9.17) is 10.5 Å². The van der Waals surface area contributed by atoms with Crippen LogP contribution in [-0.4, -0.2) is 12.2 Å². The summed E-state index contributed by atoms with van der Waals surface area (Å²) in [6.45, 7) is 0. The van der Waals surface area contributed by atoms with Crippen LogP contribution in [0.25, 0.3) is 0 Å². The van der Waals surface area contributed by atoms with E-state index in [9.17, 15) is 13.6 Å². The average molecular weight is 291 g/mol. The zero-order chi connectivity index (χ0) is 15.2. The van der Waals surface area contributed by atoms with Crippen molar-refractivity contribution >= 4 is 12.2 Å². The molecule has 0 unspecified atom stereocenters. The Labute approximate surface area is 119 Å². The molecule has 0 aromatic heterocycles. The lowest BCUT2D eigenvalue weighted by Gasteiger charge is -2.07. The lowest BCUT2D eigenvalue weighted by Crippen LogP contribution is -2.24. The molecule has 2 aromatic carbocycles. The van der Waals surface area contributed by atoms with Gasteiger partial charge in [0.1, 0.15) is 5.75 Å². The molecule has 0 aliphatic carbocycles. The predicted octanol–water partition coefficient (Wildman–Crippen LogP) is 2.76. The number of carbonyl (C=O) groups excluding carboxylic acids is 1. The standard InChI is InChI=1S/C14H11F2N3O2/c15-11-2-1-3-12(16)13(11)21-10-6-4-9(5-7-10)8-18-19-14(17)20/h1-8H,(H3,17,19,20). The van der Waals surface area contributed by atoms with E-state index in [1.807, 2.05) is 5.43 Å². The highest BCUT2D eigenvalue weighted by Crippen LogP contribution is 2.27. The van der Waals surface area contributed by atoms with E-state index in [1.165, 1.54) is 24.4 Å². The van der Waals surface area contributed by atoms with Gasteiger partial charge in [0, 0.05) is 0 Å². The van der Waals surface area contributed by atoms with E-state index in [-0.39, 0.29) is 5.75 Å². The third-order valence-corrected chi connectivity index (χ3v) is 2.41. The highest BCUT2D eigenvalue weighted by molar-refractivity contribution is 5.81. The smallest absolute Gasteiger partial charge is 0.332 e. The van der Waals surface area contributed by atoms with Crippen LogP contribution in [0, 0.1) is 11.6 Å². The molecule has 21 heavy (non-hydrogen) atoms. The number of benzene rings is 2. The van der Waals surface area contributed by atoms with Gasteiger partial charge in [-0.1, -0.05) is 6.07 Å². The topological polar surface area (TPSA) is 76.7 Å². The van der Waals surface area contributed by atoms with Crippen LogP contribution in [0.5, 0.6) is 11.5 Å². The van der Waals surface area contributed by atoms with Gasteiger partial charge in [-0.05, 0) is 42.0 Å². The molecule has 0 fully saturated rings. The van der Waals surface area contributed by atoms with Gasteiger partial charge in [0.25, 0.3) is 0 Å². The zero-order valence-electron chi connectivity index (χ0n) is 10.7. The number of amides is 2. The zero-order valence-corrected chi connectivity index (χ0v) is 10.7. The van der Waals surface area contributed by atoms with Gasteiger partial charge in [0.2, 0.25) is 0 Å². The van der Waals surface area contributed by atoms with Crippen molar-refractivity contribution in [2.24, 2.45) is 10.8 Å². The number of primary amides is 1. The van der Waals surface area contributed by atoms with Gasteiger partial charge < -0.3 is 10.5 Å². The van der Waals surface area contributed by atoms with Crippen LogP contribution in [0.3, 0.4) is 0 Å². The molecule has 0 saturated carbocycles. The minimum absolute atomic E-state index is 0.263. The molecule has 0 spiro atoms. The Balaban J connectivity index is 2.09. The van der Waals surface area contributed by atoms with Crippen LogP contribution in [0.15, 0.2) is 47.6 Å². The first-order valence-electron chi connectivity index (χ1n) is 5.86. The molecule has 3 N–H and O–H groups in total. The molecule has 2 aromatic rings. The van der Waals surface area contributed by atoms with Gasteiger partial charge in [-0.15, -0.1) is 0 Å². The van der Waals surface area contributed by atoms with Gasteiger partial charge in [0.15, 0.2) is 17.4 Å². The molecule has 0 saturated heterocycles. The number of nitrogens with zero attached hydrogens (tertiary/aromatic N) is 1. The molecule has 0 radical (unpaired) electrons. The van der Waals surface area contributed by atoms with Crippen molar-refractivity contribution in [3.63, 3.8) is 0 Å². The first-order valence-corrected chi connectivity index (χ1v) is 5.86. The number of rotatable bonds is 4. The van der Waals surface area contributed by atoms with Crippen molar-refractivity contribution in [3.8, 4) is 11.5 Å². The van der Waals surface area contributed by atoms with Gasteiger partial charge in [-0.25, -0.2) is 19.0 Å². The molecule has 108 valence electrons. The summed E-state index contributed by atoms with van der Waals surface area (Å²) in [6.07, 6.45) is 1.36. The summed E-state index contributed by atoms with van der Waals surface area (Å²) in [5.74, 6) is -1.77. The van der Waals surface area contributed by atoms with E-state index in [0.29, 0.717) is 5.56 Å². The first-order chi connectivity index (χ1) is 10.1. The molecule has 0 atom stereocenters. The lowest BCUT2D eigenvalue weighted by molar-refractivity contribution is 0.249. The van der Waals surface area contributed by atoms with Crippen molar-refractivity contribution < 1.29 is 18.3 Å². The van der Waals surface area contributed by atoms with Gasteiger partial charge in [-0.2, -0.15) is 5.10 Å². The molecule has 0 heterocycles. The predicted molar refractivity (Wildman–Crippen MR) is 73.2 cm³/mol. The van der Waals surface area contributed by atoms with E-state index >= 15 is 0 Å². The van der Waals surface area contributed by atoms with Crippen molar-refractivity contribution in [1.82, 2.24) is 5.43 Å². The van der Waals surface area contributed by atoms with E-state index in [0.717, 1.165) is 12.1 Å². The van der Waals surface area contributed by atoms with Crippen molar-refractivity contribution in [3.05, 3.63) is 59.7 Å². The Morgan fingerprint density at radius 3 is 2.33 bits per heavy atom. The molecular formula is C14H11F2N3O2. The summed E-state index contributed by atoms with van der Waals surface area (Å²) in [5.41, 5.74) is 7.53. The molecule has 5 nitrogen and oxygen atoms in total. The number of nitrogens with two attached hydrogens (primary N) is 1. The van der Waals surface area contributed by atoms with Crippen LogP contribution in [-0.2, 0) is 0 Å². The Kier molecular flexibility index (Phi) is 4.45. The van der Waals surface area contributed by atoms with Crippen molar-refractivity contribution in [2.45, 2.75) is 0 Å². The fourth-order valence-corrected chi connectivity index (χ4v) is 1.49. The minimum Gasteiger partial charge on any atom is -0.451 e. The minimum atomic E-state index is -0.786. The van der Waals surface area contributed by atoms with E-state index in [1.54, 1.807) is 12.1 Å². The molecule has 2 amide bonds. The van der Waals surface area contributed by atoms with Crippen molar-refractivity contribution in [2.75, 3.05) is 0 Å². The van der Waals surface area contributed by atoms with Gasteiger partial charge in [0.05, 0.1) is 6.21 Å². The number of nitrogens with one attached hydrogen (secondary N) is 1. The lowest BCUT2D eigenvalue weighted by atomic mass is 10.2. The number of hydrogen-bond donors (Lipinski definition) is 2. The third-order valence-electron chi connectivity index (χ3n) is 2.41. The maximum atomic E-state index is 13.4. The van der Waals surface area contributed by atoms with Crippen LogP contribution in [0.4, 0.5) is 13.6 Å². The van der Waals surface area contributed by atoms with Crippen LogP contribution < -0.4 is 15.9 Å². The maximum Gasteiger partial charge on any atom is 0.332 e. The second-order valence-corrected chi connectivity index (χ2v) is 3.96. The normalized spacial score (nSPS) is 10.6. The SMILES string of the molecule is NC(=O)NN=Cc1ccc(Oc2c(F)cccc2F)cc1. The maximum absolute atomic E-state index is 13.4. The second kappa shape index (κ2) is 6.47. The van der Waals surface area contributed by atoms with E-state index in [2.05, 4.69) is 5.10 Å². The molecule has 7 heteroatoms. The number of halogens is 2. The molecule has 2 rings (SSSR count). The van der Waals surface area contributed by atoms with Crippen molar-refractivity contribution in [1.29, 1.82) is 0 Å². The van der Waals surface area contributed by atoms with Crippen LogP contribution >= 0.6 is 0 Å². The Morgan fingerprint density at radius 1 is 1.14 bits per heavy atom. The summed E-state index contributed by atoms with van der Waals surface area (Å²) >= 11 is 0. The summed E-state index contributed by atoms with van der Waals surface area (Å²) in [5, 5.41) is 3.57. The number of para-hydroxylation sites is 1. The summed E-state index contributed by atoms with van der Waals surface area (Å²) < 4.78 is 32.0. The summed E-state index contributed by atoms with van der Waals surface area (Å²) in [7, 11) is 0. The van der Waals surface area contributed by atoms with Crippen LogP contribution in [0.1, 0.15) is 5.56 Å². The second-order valence-electron chi connectivity index (χ2n) is 3.96. The van der Waals surface area contributed by atoms with Gasteiger partial charge in [-0.3, -0.25) is 0 Å². The number of hydrazone groups is 1. The Hall–Kier alpha value is -2.96. The number of urea groups is 1. The molecular weight excluding hydrogens is 280 g/mol. The summed E-state index contributed by atoms with van der Waals surface area (Å²) in [6, 6.07) is 8.91. The molecule has 0 bridgehead atoms.